The number of fused-ring (bicyclic) bond motifs is 1. The van der Waals surface area contributed by atoms with Gasteiger partial charge in [-0.15, -0.1) is 10.2 Å². The van der Waals surface area contributed by atoms with Crippen molar-refractivity contribution in [2.24, 2.45) is 0 Å². The van der Waals surface area contributed by atoms with Crippen LogP contribution in [0.5, 0.6) is 0 Å². The van der Waals surface area contributed by atoms with Crippen LogP contribution in [0.3, 0.4) is 0 Å². The molecular formula is C21H25N5O3S2. The number of rotatable bonds is 7. The van der Waals surface area contributed by atoms with E-state index in [-0.39, 0.29) is 29.2 Å². The molecule has 1 N–H and O–H groups in total. The molecule has 31 heavy (non-hydrogen) atoms. The Morgan fingerprint density at radius 2 is 2.06 bits per heavy atom. The molecule has 0 bridgehead atoms. The van der Waals surface area contributed by atoms with Crippen molar-refractivity contribution in [2.75, 3.05) is 23.8 Å². The molecule has 5 rings (SSSR count). The van der Waals surface area contributed by atoms with E-state index in [1.807, 2.05) is 31.3 Å². The van der Waals surface area contributed by atoms with Gasteiger partial charge in [0.05, 0.1) is 17.3 Å². The number of benzene rings is 1. The van der Waals surface area contributed by atoms with Crippen LogP contribution in [0.15, 0.2) is 35.6 Å². The molecule has 1 aromatic carbocycles. The van der Waals surface area contributed by atoms with Gasteiger partial charge >= 0.3 is 0 Å². The van der Waals surface area contributed by atoms with Crippen molar-refractivity contribution in [3.63, 3.8) is 0 Å². The summed E-state index contributed by atoms with van der Waals surface area (Å²) in [6, 6.07) is 8.25. The predicted octanol–water partition coefficient (Wildman–Crippen LogP) is 2.89. The summed E-state index contributed by atoms with van der Waals surface area (Å²) < 4.78 is 25.8. The fourth-order valence-electron chi connectivity index (χ4n) is 4.35. The molecule has 0 unspecified atom stereocenters. The normalized spacial score (nSPS) is 20.4. The molecule has 3 heterocycles. The van der Waals surface area contributed by atoms with E-state index in [1.54, 1.807) is 4.90 Å². The largest absolute Gasteiger partial charge is 0.360 e. The van der Waals surface area contributed by atoms with E-state index in [0.717, 1.165) is 40.3 Å². The van der Waals surface area contributed by atoms with Crippen molar-refractivity contribution in [1.82, 2.24) is 24.6 Å². The van der Waals surface area contributed by atoms with Gasteiger partial charge in [0, 0.05) is 41.3 Å². The van der Waals surface area contributed by atoms with Crippen LogP contribution in [-0.2, 0) is 14.6 Å². The first kappa shape index (κ1) is 20.6. The molecule has 2 fully saturated rings. The Morgan fingerprint density at radius 1 is 1.26 bits per heavy atom. The van der Waals surface area contributed by atoms with Crippen LogP contribution in [0, 0.1) is 0 Å². The maximum atomic E-state index is 12.9. The van der Waals surface area contributed by atoms with E-state index < -0.39 is 9.84 Å². The van der Waals surface area contributed by atoms with Gasteiger partial charge in [-0.2, -0.15) is 0 Å². The summed E-state index contributed by atoms with van der Waals surface area (Å²) in [5.74, 6) is 1.24. The van der Waals surface area contributed by atoms with Gasteiger partial charge < -0.3 is 9.88 Å². The Labute approximate surface area is 185 Å². The highest BCUT2D eigenvalue weighted by atomic mass is 32.2. The van der Waals surface area contributed by atoms with Crippen molar-refractivity contribution in [3.8, 4) is 11.4 Å². The Balaban J connectivity index is 1.36. The number of para-hydroxylation sites is 1. The number of aromatic nitrogens is 4. The van der Waals surface area contributed by atoms with Gasteiger partial charge in [-0.1, -0.05) is 30.0 Å². The Kier molecular flexibility index (Phi) is 5.29. The van der Waals surface area contributed by atoms with Crippen molar-refractivity contribution in [3.05, 3.63) is 30.5 Å². The van der Waals surface area contributed by atoms with Gasteiger partial charge in [0.2, 0.25) is 5.91 Å². The number of carbonyl (C=O) groups is 1. The molecule has 1 aliphatic carbocycles. The minimum absolute atomic E-state index is 0.0476. The van der Waals surface area contributed by atoms with Gasteiger partial charge in [0.15, 0.2) is 20.8 Å². The van der Waals surface area contributed by atoms with Gasteiger partial charge in [0.1, 0.15) is 0 Å². The third kappa shape index (κ3) is 3.98. The Hall–Kier alpha value is -2.33. The minimum atomic E-state index is -3.03. The molecule has 2 aromatic heterocycles. The minimum Gasteiger partial charge on any atom is -0.360 e. The van der Waals surface area contributed by atoms with Crippen LogP contribution in [-0.4, -0.2) is 68.8 Å². The first-order valence-corrected chi connectivity index (χ1v) is 13.4. The molecule has 1 aliphatic heterocycles. The first-order valence-electron chi connectivity index (χ1n) is 10.6. The second-order valence-corrected chi connectivity index (χ2v) is 11.4. The van der Waals surface area contributed by atoms with Gasteiger partial charge in [0.25, 0.3) is 0 Å². The lowest BCUT2D eigenvalue weighted by atomic mass is 10.1. The van der Waals surface area contributed by atoms with Crippen molar-refractivity contribution in [2.45, 2.75) is 43.4 Å². The number of sulfone groups is 1. The summed E-state index contributed by atoms with van der Waals surface area (Å²) in [6.45, 7) is 2.41. The number of amides is 1. The van der Waals surface area contributed by atoms with Gasteiger partial charge in [-0.3, -0.25) is 9.36 Å². The quantitative estimate of drug-likeness (QED) is 0.545. The van der Waals surface area contributed by atoms with Crippen LogP contribution in [0.4, 0.5) is 0 Å². The van der Waals surface area contributed by atoms with Crippen LogP contribution in [0.25, 0.3) is 22.3 Å². The van der Waals surface area contributed by atoms with Crippen molar-refractivity contribution < 1.29 is 13.2 Å². The highest BCUT2D eigenvalue weighted by molar-refractivity contribution is 7.99. The molecule has 3 aromatic rings. The van der Waals surface area contributed by atoms with E-state index in [2.05, 4.69) is 25.8 Å². The predicted molar refractivity (Wildman–Crippen MR) is 121 cm³/mol. The molecular weight excluding hydrogens is 434 g/mol. The second-order valence-electron chi connectivity index (χ2n) is 8.18. The monoisotopic (exact) mass is 459 g/mol. The molecule has 1 saturated heterocycles. The summed E-state index contributed by atoms with van der Waals surface area (Å²) in [4.78, 5) is 17.9. The van der Waals surface area contributed by atoms with Gasteiger partial charge in [-0.05, 0) is 32.3 Å². The smallest absolute Gasteiger partial charge is 0.233 e. The molecule has 8 nitrogen and oxygen atoms in total. The molecule has 1 saturated carbocycles. The molecule has 1 atom stereocenters. The zero-order chi connectivity index (χ0) is 21.6. The van der Waals surface area contributed by atoms with Crippen LogP contribution in [0.2, 0.25) is 0 Å². The van der Waals surface area contributed by atoms with E-state index in [9.17, 15) is 13.2 Å². The van der Waals surface area contributed by atoms with E-state index in [4.69, 9.17) is 0 Å². The number of hydrogen-bond acceptors (Lipinski definition) is 6. The maximum Gasteiger partial charge on any atom is 0.233 e. The fourth-order valence-corrected chi connectivity index (χ4v) is 6.97. The number of nitrogens with one attached hydrogen (secondary N) is 1. The molecule has 0 radical (unpaired) electrons. The number of aromatic amines is 1. The summed E-state index contributed by atoms with van der Waals surface area (Å²) >= 11 is 1.39. The second kappa shape index (κ2) is 7.98. The van der Waals surface area contributed by atoms with Crippen LogP contribution >= 0.6 is 11.8 Å². The van der Waals surface area contributed by atoms with E-state index >= 15 is 0 Å². The van der Waals surface area contributed by atoms with E-state index in [1.165, 1.54) is 11.8 Å². The lowest BCUT2D eigenvalue weighted by Crippen LogP contribution is -2.42. The SMILES string of the molecule is CCN(C(=O)CSc1nnc(-c2c[nH]c3ccccc23)n1C1CC1)[C@@H]1CCS(=O)(=O)C1. The molecule has 0 spiro atoms. The standard InChI is InChI=1S/C21H25N5O3S2/c1-2-25(15-9-10-31(28,29)13-15)19(27)12-30-21-24-23-20(26(21)14-7-8-14)17-11-22-18-6-4-3-5-16(17)18/h3-6,11,14-15,22H,2,7-10,12-13H2,1H3/t15-/m1/s1. The highest BCUT2D eigenvalue weighted by Crippen LogP contribution is 2.42. The number of carbonyl (C=O) groups excluding carboxylic acids is 1. The number of thioether (sulfide) groups is 1. The lowest BCUT2D eigenvalue weighted by Gasteiger charge is -2.26. The average Bonchev–Trinajstić information content (AvgIpc) is 3.20. The van der Waals surface area contributed by atoms with Crippen molar-refractivity contribution in [1.29, 1.82) is 0 Å². The van der Waals surface area contributed by atoms with Crippen LogP contribution < -0.4 is 0 Å². The first-order chi connectivity index (χ1) is 15.0. The maximum absolute atomic E-state index is 12.9. The third-order valence-corrected chi connectivity index (χ3v) is 8.72. The molecule has 2 aliphatic rings. The summed E-state index contributed by atoms with van der Waals surface area (Å²) in [5.41, 5.74) is 2.07. The average molecular weight is 460 g/mol. The fraction of sp³-hybridized carbons (Fsp3) is 0.476. The van der Waals surface area contributed by atoms with E-state index in [0.29, 0.717) is 19.0 Å². The third-order valence-electron chi connectivity index (χ3n) is 6.04. The number of nitrogens with zero attached hydrogens (tertiary/aromatic N) is 4. The summed E-state index contributed by atoms with van der Waals surface area (Å²) in [5, 5.41) is 10.7. The summed E-state index contributed by atoms with van der Waals surface area (Å²) in [7, 11) is -3.03. The zero-order valence-electron chi connectivity index (χ0n) is 17.3. The molecule has 164 valence electrons. The topological polar surface area (TPSA) is 101 Å². The van der Waals surface area contributed by atoms with Crippen LogP contribution in [0.1, 0.15) is 32.2 Å². The van der Waals surface area contributed by atoms with Gasteiger partial charge in [-0.25, -0.2) is 8.42 Å². The molecule has 10 heteroatoms. The molecule has 1 amide bonds. The Bertz CT molecular complexity index is 1230. The number of hydrogen-bond donors (Lipinski definition) is 1. The summed E-state index contributed by atoms with van der Waals surface area (Å²) in [6.07, 6.45) is 4.65. The number of H-pyrrole nitrogens is 1. The van der Waals surface area contributed by atoms with Crippen molar-refractivity contribution >= 4 is 38.4 Å². The Morgan fingerprint density at radius 3 is 2.77 bits per heavy atom. The lowest BCUT2D eigenvalue weighted by molar-refractivity contribution is -0.129. The highest BCUT2D eigenvalue weighted by Gasteiger charge is 2.35. The zero-order valence-corrected chi connectivity index (χ0v) is 19.0.